The number of nitrogens with two attached hydrogens (primary N) is 1. The molecular formula is C4H10N2O2S2. The quantitative estimate of drug-likeness (QED) is 0.561. The molecule has 0 bridgehead atoms. The van der Waals surface area contributed by atoms with Crippen LogP contribution in [0.2, 0.25) is 0 Å². The summed E-state index contributed by atoms with van der Waals surface area (Å²) in [5.74, 6) is 0. The Morgan fingerprint density at radius 2 is 2.10 bits per heavy atom. The summed E-state index contributed by atoms with van der Waals surface area (Å²) >= 11 is 4.54. The molecule has 0 amide bonds. The highest BCUT2D eigenvalue weighted by atomic mass is 32.2. The zero-order chi connectivity index (χ0) is 8.36. The van der Waals surface area contributed by atoms with E-state index in [1.807, 2.05) is 0 Å². The van der Waals surface area contributed by atoms with Crippen LogP contribution in [0.4, 0.5) is 0 Å². The van der Waals surface area contributed by atoms with Crippen molar-refractivity contribution in [2.75, 3.05) is 6.26 Å². The molecule has 0 aliphatic heterocycles. The van der Waals surface area contributed by atoms with E-state index in [-0.39, 0.29) is 4.99 Å². The number of hydrogen-bond donors (Lipinski definition) is 2. The van der Waals surface area contributed by atoms with Gasteiger partial charge in [0, 0.05) is 0 Å². The Labute approximate surface area is 65.8 Å². The minimum Gasteiger partial charge on any atom is -0.392 e. The van der Waals surface area contributed by atoms with E-state index < -0.39 is 16.1 Å². The van der Waals surface area contributed by atoms with Gasteiger partial charge in [-0.05, 0) is 6.92 Å². The second-order valence-corrected chi connectivity index (χ2v) is 4.27. The van der Waals surface area contributed by atoms with Gasteiger partial charge in [-0.15, -0.1) is 0 Å². The van der Waals surface area contributed by atoms with Gasteiger partial charge in [0.25, 0.3) is 0 Å². The Morgan fingerprint density at radius 1 is 1.70 bits per heavy atom. The second-order valence-electron chi connectivity index (χ2n) is 2.01. The fourth-order valence-electron chi connectivity index (χ4n) is 0.379. The van der Waals surface area contributed by atoms with E-state index in [2.05, 4.69) is 16.9 Å². The highest BCUT2D eigenvalue weighted by Crippen LogP contribution is 1.84. The van der Waals surface area contributed by atoms with Crippen molar-refractivity contribution < 1.29 is 8.42 Å². The van der Waals surface area contributed by atoms with Crippen molar-refractivity contribution >= 4 is 27.2 Å². The van der Waals surface area contributed by atoms with E-state index in [0.717, 1.165) is 6.26 Å². The Kier molecular flexibility index (Phi) is 3.20. The molecule has 0 heterocycles. The third-order valence-electron chi connectivity index (χ3n) is 0.818. The molecule has 0 aromatic carbocycles. The first kappa shape index (κ1) is 9.80. The lowest BCUT2D eigenvalue weighted by Crippen LogP contribution is -2.40. The number of nitrogens with one attached hydrogen (secondary N) is 1. The zero-order valence-electron chi connectivity index (χ0n) is 5.79. The van der Waals surface area contributed by atoms with Crippen LogP contribution < -0.4 is 10.5 Å². The summed E-state index contributed by atoms with van der Waals surface area (Å²) in [5.41, 5.74) is 5.15. The van der Waals surface area contributed by atoms with E-state index >= 15 is 0 Å². The van der Waals surface area contributed by atoms with Crippen LogP contribution in [0.1, 0.15) is 6.92 Å². The Morgan fingerprint density at radius 3 is 2.20 bits per heavy atom. The summed E-state index contributed by atoms with van der Waals surface area (Å²) in [6, 6.07) is -0.468. The van der Waals surface area contributed by atoms with Crippen molar-refractivity contribution in [2.45, 2.75) is 13.0 Å². The molecule has 1 atom stereocenters. The maximum atomic E-state index is 10.5. The standard InChI is InChI=1S/C4H10N2O2S2/c1-3(4(5)9)6-10(2,7)8/h3,6H,1-2H3,(H2,5,9). The summed E-state index contributed by atoms with van der Waals surface area (Å²) in [6.07, 6.45) is 1.06. The molecule has 4 nitrogen and oxygen atoms in total. The molecule has 1 unspecified atom stereocenters. The number of thiocarbonyl (C=S) groups is 1. The van der Waals surface area contributed by atoms with Gasteiger partial charge < -0.3 is 5.73 Å². The normalized spacial score (nSPS) is 14.6. The van der Waals surface area contributed by atoms with Crippen molar-refractivity contribution in [2.24, 2.45) is 5.73 Å². The van der Waals surface area contributed by atoms with E-state index in [9.17, 15) is 8.42 Å². The summed E-state index contributed by atoms with van der Waals surface area (Å²) in [5, 5.41) is 0. The Bertz CT molecular complexity index is 221. The highest BCUT2D eigenvalue weighted by Gasteiger charge is 2.09. The molecule has 10 heavy (non-hydrogen) atoms. The lowest BCUT2D eigenvalue weighted by Gasteiger charge is -2.08. The van der Waals surface area contributed by atoms with Gasteiger partial charge in [-0.25, -0.2) is 13.1 Å². The minimum absolute atomic E-state index is 0.144. The van der Waals surface area contributed by atoms with Gasteiger partial charge in [0.15, 0.2) is 0 Å². The summed E-state index contributed by atoms with van der Waals surface area (Å²) in [6.45, 7) is 1.59. The fourth-order valence-corrected chi connectivity index (χ4v) is 1.28. The van der Waals surface area contributed by atoms with Crippen LogP contribution in [0.3, 0.4) is 0 Å². The molecule has 0 aliphatic carbocycles. The topological polar surface area (TPSA) is 72.2 Å². The van der Waals surface area contributed by atoms with E-state index in [0.29, 0.717) is 0 Å². The van der Waals surface area contributed by atoms with Crippen molar-refractivity contribution in [3.63, 3.8) is 0 Å². The van der Waals surface area contributed by atoms with Crippen LogP contribution in [0.5, 0.6) is 0 Å². The predicted octanol–water partition coefficient (Wildman–Crippen LogP) is -0.790. The molecule has 60 valence electrons. The molecule has 0 radical (unpaired) electrons. The van der Waals surface area contributed by atoms with Crippen LogP contribution in [-0.2, 0) is 10.0 Å². The number of rotatable bonds is 3. The lowest BCUT2D eigenvalue weighted by atomic mass is 10.4. The van der Waals surface area contributed by atoms with Gasteiger partial charge in [-0.1, -0.05) is 12.2 Å². The molecular weight excluding hydrogens is 172 g/mol. The van der Waals surface area contributed by atoms with E-state index in [1.54, 1.807) is 6.92 Å². The van der Waals surface area contributed by atoms with Crippen LogP contribution in [0.25, 0.3) is 0 Å². The average Bonchev–Trinajstić information content (AvgIpc) is 1.60. The fraction of sp³-hybridized carbons (Fsp3) is 0.750. The Hall–Kier alpha value is -0.200. The summed E-state index contributed by atoms with van der Waals surface area (Å²) in [4.78, 5) is 0.144. The smallest absolute Gasteiger partial charge is 0.209 e. The van der Waals surface area contributed by atoms with Gasteiger partial charge >= 0.3 is 0 Å². The molecule has 0 saturated heterocycles. The third-order valence-corrected chi connectivity index (χ3v) is 1.95. The van der Waals surface area contributed by atoms with Gasteiger partial charge in [0.05, 0.1) is 17.3 Å². The molecule has 0 fully saturated rings. The minimum atomic E-state index is -3.19. The first-order chi connectivity index (χ1) is 4.33. The summed E-state index contributed by atoms with van der Waals surface area (Å²) < 4.78 is 23.3. The first-order valence-electron chi connectivity index (χ1n) is 2.59. The van der Waals surface area contributed by atoms with Crippen molar-refractivity contribution in [3.05, 3.63) is 0 Å². The molecule has 0 aliphatic rings. The molecule has 0 spiro atoms. The lowest BCUT2D eigenvalue weighted by molar-refractivity contribution is 0.585. The van der Waals surface area contributed by atoms with Gasteiger partial charge in [-0.2, -0.15) is 0 Å². The van der Waals surface area contributed by atoms with E-state index in [1.165, 1.54) is 0 Å². The van der Waals surface area contributed by atoms with Crippen LogP contribution in [0, 0.1) is 0 Å². The highest BCUT2D eigenvalue weighted by molar-refractivity contribution is 7.88. The van der Waals surface area contributed by atoms with Gasteiger partial charge in [0.1, 0.15) is 0 Å². The van der Waals surface area contributed by atoms with Crippen molar-refractivity contribution in [1.29, 1.82) is 0 Å². The zero-order valence-corrected chi connectivity index (χ0v) is 7.42. The molecule has 3 N–H and O–H groups in total. The predicted molar refractivity (Wildman–Crippen MR) is 44.2 cm³/mol. The average molecular weight is 182 g/mol. The molecule has 0 aromatic rings. The SMILES string of the molecule is CC(NS(C)(=O)=O)C(N)=S. The van der Waals surface area contributed by atoms with E-state index in [4.69, 9.17) is 5.73 Å². The van der Waals surface area contributed by atoms with Crippen molar-refractivity contribution in [1.82, 2.24) is 4.72 Å². The largest absolute Gasteiger partial charge is 0.392 e. The second kappa shape index (κ2) is 3.27. The monoisotopic (exact) mass is 182 g/mol. The van der Waals surface area contributed by atoms with Gasteiger partial charge in [0.2, 0.25) is 10.0 Å². The third kappa shape index (κ3) is 4.66. The van der Waals surface area contributed by atoms with Crippen LogP contribution in [-0.4, -0.2) is 25.7 Å². The van der Waals surface area contributed by atoms with Crippen molar-refractivity contribution in [3.8, 4) is 0 Å². The summed E-state index contributed by atoms with van der Waals surface area (Å²) in [7, 11) is -3.19. The molecule has 0 saturated carbocycles. The maximum absolute atomic E-state index is 10.5. The number of sulfonamides is 1. The van der Waals surface area contributed by atoms with Crippen LogP contribution >= 0.6 is 12.2 Å². The maximum Gasteiger partial charge on any atom is 0.209 e. The van der Waals surface area contributed by atoms with Crippen LogP contribution in [0.15, 0.2) is 0 Å². The molecule has 0 aromatic heterocycles. The number of hydrogen-bond acceptors (Lipinski definition) is 3. The molecule has 6 heteroatoms. The molecule has 0 rings (SSSR count). The first-order valence-corrected chi connectivity index (χ1v) is 4.89. The van der Waals surface area contributed by atoms with Gasteiger partial charge in [-0.3, -0.25) is 0 Å². The Balaban J connectivity index is 4.06.